The van der Waals surface area contributed by atoms with Gasteiger partial charge in [0.2, 0.25) is 0 Å². The second-order valence-corrected chi connectivity index (χ2v) is 3.18. The molecule has 1 heterocycles. The van der Waals surface area contributed by atoms with Gasteiger partial charge in [0.15, 0.2) is 0 Å². The van der Waals surface area contributed by atoms with Gasteiger partial charge in [0.05, 0.1) is 0 Å². The van der Waals surface area contributed by atoms with Crippen LogP contribution in [-0.2, 0) is 6.42 Å². The summed E-state index contributed by atoms with van der Waals surface area (Å²) >= 11 is 5.83. The molecular weight excluding hydrogens is 172 g/mol. The van der Waals surface area contributed by atoms with Crippen molar-refractivity contribution in [3.63, 3.8) is 0 Å². The van der Waals surface area contributed by atoms with E-state index in [1.165, 1.54) is 0 Å². The van der Waals surface area contributed by atoms with Crippen molar-refractivity contribution in [1.29, 1.82) is 0 Å². The van der Waals surface area contributed by atoms with Gasteiger partial charge in [-0.3, -0.25) is 0 Å². The van der Waals surface area contributed by atoms with E-state index < -0.39 is 0 Å². The van der Waals surface area contributed by atoms with Gasteiger partial charge in [0.25, 0.3) is 0 Å². The van der Waals surface area contributed by atoms with Crippen LogP contribution in [0, 0.1) is 0 Å². The van der Waals surface area contributed by atoms with Crippen molar-refractivity contribution >= 4 is 22.6 Å². The zero-order valence-corrected chi connectivity index (χ0v) is 7.56. The van der Waals surface area contributed by atoms with Crippen LogP contribution in [0.25, 0.3) is 11.0 Å². The van der Waals surface area contributed by atoms with Crippen molar-refractivity contribution in [3.05, 3.63) is 35.0 Å². The van der Waals surface area contributed by atoms with Crippen LogP contribution in [0.3, 0.4) is 0 Å². The third kappa shape index (κ3) is 1.21. The summed E-state index contributed by atoms with van der Waals surface area (Å²) in [4.78, 5) is 0. The molecule has 0 unspecified atom stereocenters. The molecule has 0 atom stereocenters. The molecule has 2 heteroatoms. The Hall–Kier alpha value is -0.950. The fourth-order valence-corrected chi connectivity index (χ4v) is 1.42. The predicted octanol–water partition coefficient (Wildman–Crippen LogP) is 3.65. The largest absolute Gasteiger partial charge is 0.461 e. The minimum absolute atomic E-state index is 0.756. The number of benzene rings is 1. The van der Waals surface area contributed by atoms with Crippen molar-refractivity contribution in [3.8, 4) is 0 Å². The summed E-state index contributed by atoms with van der Waals surface area (Å²) in [5.74, 6) is 1.01. The highest BCUT2D eigenvalue weighted by atomic mass is 35.5. The Balaban J connectivity index is 2.67. The van der Waals surface area contributed by atoms with E-state index in [-0.39, 0.29) is 0 Å². The van der Waals surface area contributed by atoms with Crippen LogP contribution < -0.4 is 0 Å². The minimum Gasteiger partial charge on any atom is -0.461 e. The zero-order chi connectivity index (χ0) is 8.55. The molecular formula is C10H9ClO. The fourth-order valence-electron chi connectivity index (χ4n) is 1.24. The maximum atomic E-state index is 5.83. The molecule has 0 aliphatic heterocycles. The summed E-state index contributed by atoms with van der Waals surface area (Å²) in [7, 11) is 0. The standard InChI is InChI=1S/C10H9ClO/c1-2-9-6-7-5-8(11)3-4-10(7)12-9/h3-6H,2H2,1H3. The lowest BCUT2D eigenvalue weighted by Crippen LogP contribution is -1.67. The third-order valence-corrected chi connectivity index (χ3v) is 2.11. The summed E-state index contributed by atoms with van der Waals surface area (Å²) in [6.07, 6.45) is 0.923. The topological polar surface area (TPSA) is 13.1 Å². The molecule has 0 saturated heterocycles. The maximum absolute atomic E-state index is 5.83. The van der Waals surface area contributed by atoms with Gasteiger partial charge < -0.3 is 4.42 Å². The summed E-state index contributed by atoms with van der Waals surface area (Å²) in [5, 5.41) is 1.84. The molecule has 0 N–H and O–H groups in total. The lowest BCUT2D eigenvalue weighted by atomic mass is 10.2. The van der Waals surface area contributed by atoms with Crippen molar-refractivity contribution in [2.45, 2.75) is 13.3 Å². The number of furan rings is 1. The van der Waals surface area contributed by atoms with Crippen LogP contribution >= 0.6 is 11.6 Å². The normalized spacial score (nSPS) is 10.8. The Kier molecular flexibility index (Phi) is 1.81. The molecule has 1 aromatic heterocycles. The van der Waals surface area contributed by atoms with E-state index in [0.717, 1.165) is 28.2 Å². The Morgan fingerprint density at radius 2 is 2.17 bits per heavy atom. The Morgan fingerprint density at radius 3 is 2.92 bits per heavy atom. The Morgan fingerprint density at radius 1 is 1.33 bits per heavy atom. The van der Waals surface area contributed by atoms with Crippen molar-refractivity contribution in [2.75, 3.05) is 0 Å². The van der Waals surface area contributed by atoms with Gasteiger partial charge in [-0.15, -0.1) is 0 Å². The summed E-state index contributed by atoms with van der Waals surface area (Å²) < 4.78 is 5.51. The summed E-state index contributed by atoms with van der Waals surface area (Å²) in [6, 6.07) is 7.68. The number of hydrogen-bond acceptors (Lipinski definition) is 1. The van der Waals surface area contributed by atoms with Gasteiger partial charge in [-0.1, -0.05) is 18.5 Å². The van der Waals surface area contributed by atoms with Gasteiger partial charge in [-0.25, -0.2) is 0 Å². The average Bonchev–Trinajstić information content (AvgIpc) is 2.46. The lowest BCUT2D eigenvalue weighted by Gasteiger charge is -1.87. The second kappa shape index (κ2) is 2.83. The van der Waals surface area contributed by atoms with Crippen LogP contribution in [0.5, 0.6) is 0 Å². The fraction of sp³-hybridized carbons (Fsp3) is 0.200. The van der Waals surface area contributed by atoms with Gasteiger partial charge in [0.1, 0.15) is 11.3 Å². The van der Waals surface area contributed by atoms with Crippen molar-refractivity contribution in [2.24, 2.45) is 0 Å². The van der Waals surface area contributed by atoms with Crippen LogP contribution in [0.4, 0.5) is 0 Å². The second-order valence-electron chi connectivity index (χ2n) is 2.75. The first-order valence-corrected chi connectivity index (χ1v) is 4.35. The predicted molar refractivity (Wildman–Crippen MR) is 50.6 cm³/mol. The van der Waals surface area contributed by atoms with E-state index in [2.05, 4.69) is 6.92 Å². The summed E-state index contributed by atoms with van der Waals surface area (Å²) in [6.45, 7) is 2.07. The first-order valence-electron chi connectivity index (χ1n) is 3.97. The van der Waals surface area contributed by atoms with Gasteiger partial charge in [0, 0.05) is 16.8 Å². The van der Waals surface area contributed by atoms with Crippen LogP contribution in [-0.4, -0.2) is 0 Å². The highest BCUT2D eigenvalue weighted by Crippen LogP contribution is 2.22. The van der Waals surface area contributed by atoms with Gasteiger partial charge in [-0.2, -0.15) is 0 Å². The molecule has 0 aliphatic carbocycles. The first-order chi connectivity index (χ1) is 5.79. The highest BCUT2D eigenvalue weighted by molar-refractivity contribution is 6.31. The Labute approximate surface area is 75.9 Å². The van der Waals surface area contributed by atoms with Crippen molar-refractivity contribution < 1.29 is 4.42 Å². The summed E-state index contributed by atoms with van der Waals surface area (Å²) in [5.41, 5.74) is 0.913. The zero-order valence-electron chi connectivity index (χ0n) is 6.80. The molecule has 0 spiro atoms. The number of hydrogen-bond donors (Lipinski definition) is 0. The molecule has 2 aromatic rings. The van der Waals surface area contributed by atoms with E-state index in [0.29, 0.717) is 0 Å². The molecule has 2 rings (SSSR count). The molecule has 0 aliphatic rings. The molecule has 62 valence electrons. The molecule has 0 radical (unpaired) electrons. The Bertz CT molecular complexity index is 403. The van der Waals surface area contributed by atoms with E-state index >= 15 is 0 Å². The van der Waals surface area contributed by atoms with Gasteiger partial charge >= 0.3 is 0 Å². The number of fused-ring (bicyclic) bond motifs is 1. The highest BCUT2D eigenvalue weighted by Gasteiger charge is 2.01. The molecule has 0 amide bonds. The van der Waals surface area contributed by atoms with E-state index in [4.69, 9.17) is 16.0 Å². The molecule has 12 heavy (non-hydrogen) atoms. The number of rotatable bonds is 1. The number of aryl methyl sites for hydroxylation is 1. The first kappa shape index (κ1) is 7.69. The van der Waals surface area contributed by atoms with Crippen molar-refractivity contribution in [1.82, 2.24) is 0 Å². The molecule has 1 aromatic carbocycles. The monoisotopic (exact) mass is 180 g/mol. The quantitative estimate of drug-likeness (QED) is 0.653. The average molecular weight is 181 g/mol. The van der Waals surface area contributed by atoms with Crippen LogP contribution in [0.15, 0.2) is 28.7 Å². The molecule has 0 saturated carbocycles. The van der Waals surface area contributed by atoms with Crippen LogP contribution in [0.1, 0.15) is 12.7 Å². The third-order valence-electron chi connectivity index (χ3n) is 1.88. The number of halogens is 1. The smallest absolute Gasteiger partial charge is 0.134 e. The molecule has 0 fully saturated rings. The molecule has 1 nitrogen and oxygen atoms in total. The van der Waals surface area contributed by atoms with E-state index in [1.807, 2.05) is 24.3 Å². The van der Waals surface area contributed by atoms with E-state index in [1.54, 1.807) is 0 Å². The van der Waals surface area contributed by atoms with Gasteiger partial charge in [-0.05, 0) is 24.3 Å². The SMILES string of the molecule is CCc1cc2cc(Cl)ccc2o1. The molecule has 0 bridgehead atoms. The van der Waals surface area contributed by atoms with Crippen LogP contribution in [0.2, 0.25) is 5.02 Å². The maximum Gasteiger partial charge on any atom is 0.134 e. The van der Waals surface area contributed by atoms with E-state index in [9.17, 15) is 0 Å². The lowest BCUT2D eigenvalue weighted by molar-refractivity contribution is 0.557. The minimum atomic E-state index is 0.756.